The van der Waals surface area contributed by atoms with Crippen LogP contribution >= 0.6 is 0 Å². The molecule has 3 heterocycles. The molecule has 0 bridgehead atoms. The SMILES string of the molecule is Cc1cc(C#N)cc(C)c1Oc1nc(Nc2ccc(C#N)cc2)nc2c1CN(C(=O)C(Cc1cnn(C(=O)OC(C)(C)C)c1)NC(=O)OC(C)(C)C)CC2. The van der Waals surface area contributed by atoms with E-state index in [-0.39, 0.29) is 31.3 Å². The average molecular weight is 734 g/mol. The molecule has 54 heavy (non-hydrogen) atoms. The van der Waals surface area contributed by atoms with E-state index in [0.29, 0.717) is 45.8 Å². The number of nitrogens with zero attached hydrogens (tertiary/aromatic N) is 7. The molecule has 1 aliphatic heterocycles. The van der Waals surface area contributed by atoms with E-state index >= 15 is 0 Å². The summed E-state index contributed by atoms with van der Waals surface area (Å²) < 4.78 is 18.4. The van der Waals surface area contributed by atoms with Gasteiger partial charge >= 0.3 is 12.2 Å². The Labute approximate surface area is 313 Å². The highest BCUT2D eigenvalue weighted by Crippen LogP contribution is 2.35. The predicted octanol–water partition coefficient (Wildman–Crippen LogP) is 6.37. The third-order valence-corrected chi connectivity index (χ3v) is 8.04. The van der Waals surface area contributed by atoms with Crippen molar-refractivity contribution in [2.24, 2.45) is 0 Å². The van der Waals surface area contributed by atoms with Gasteiger partial charge in [-0.3, -0.25) is 4.79 Å². The Kier molecular flexibility index (Phi) is 11.2. The minimum absolute atomic E-state index is 0.00116. The van der Waals surface area contributed by atoms with Crippen LogP contribution in [0.4, 0.5) is 21.2 Å². The number of ether oxygens (including phenoxy) is 3. The maximum Gasteiger partial charge on any atom is 0.435 e. The van der Waals surface area contributed by atoms with E-state index in [4.69, 9.17) is 24.2 Å². The lowest BCUT2D eigenvalue weighted by Gasteiger charge is -2.32. The first-order valence-corrected chi connectivity index (χ1v) is 17.3. The summed E-state index contributed by atoms with van der Waals surface area (Å²) in [6, 6.07) is 13.4. The van der Waals surface area contributed by atoms with Crippen LogP contribution in [0.25, 0.3) is 0 Å². The van der Waals surface area contributed by atoms with Gasteiger partial charge in [0.2, 0.25) is 17.7 Å². The number of anilines is 2. The highest BCUT2D eigenvalue weighted by Gasteiger charge is 2.33. The molecule has 0 spiro atoms. The van der Waals surface area contributed by atoms with E-state index in [1.54, 1.807) is 82.8 Å². The van der Waals surface area contributed by atoms with Crippen LogP contribution in [0.3, 0.4) is 0 Å². The molecule has 0 radical (unpaired) electrons. The van der Waals surface area contributed by atoms with E-state index in [1.807, 2.05) is 13.8 Å². The van der Waals surface area contributed by atoms with Crippen molar-refractivity contribution in [2.75, 3.05) is 11.9 Å². The Bertz CT molecular complexity index is 2130. The summed E-state index contributed by atoms with van der Waals surface area (Å²) in [7, 11) is 0. The maximum absolute atomic E-state index is 14.3. The number of benzene rings is 2. The van der Waals surface area contributed by atoms with Crippen LogP contribution < -0.4 is 15.4 Å². The highest BCUT2D eigenvalue weighted by atomic mass is 16.6. The summed E-state index contributed by atoms with van der Waals surface area (Å²) in [4.78, 5) is 51.1. The molecule has 2 aromatic carbocycles. The fourth-order valence-corrected chi connectivity index (χ4v) is 5.72. The molecule has 15 heteroatoms. The Hall–Kier alpha value is -6.48. The molecule has 15 nitrogen and oxygen atoms in total. The number of amides is 2. The molecule has 1 atom stereocenters. The van der Waals surface area contributed by atoms with Gasteiger partial charge in [-0.05, 0) is 108 Å². The van der Waals surface area contributed by atoms with Gasteiger partial charge in [0.15, 0.2) is 0 Å². The van der Waals surface area contributed by atoms with E-state index in [9.17, 15) is 24.9 Å². The number of rotatable bonds is 8. The smallest absolute Gasteiger partial charge is 0.435 e. The van der Waals surface area contributed by atoms with Crippen LogP contribution in [0.2, 0.25) is 0 Å². The molecular weight excluding hydrogens is 690 g/mol. The molecule has 0 saturated carbocycles. The second-order valence-electron chi connectivity index (χ2n) is 14.9. The Balaban J connectivity index is 1.47. The molecule has 2 N–H and O–H groups in total. The van der Waals surface area contributed by atoms with E-state index in [0.717, 1.165) is 15.8 Å². The summed E-state index contributed by atoms with van der Waals surface area (Å²) in [5.41, 5.74) is 3.25. The van der Waals surface area contributed by atoms with Crippen LogP contribution in [0.15, 0.2) is 48.8 Å². The van der Waals surface area contributed by atoms with Crippen LogP contribution in [0.5, 0.6) is 11.6 Å². The Morgan fingerprint density at radius 1 is 0.926 bits per heavy atom. The first-order valence-electron chi connectivity index (χ1n) is 17.3. The molecular formula is C39H43N9O6. The molecule has 280 valence electrons. The Morgan fingerprint density at radius 3 is 2.19 bits per heavy atom. The van der Waals surface area contributed by atoms with Gasteiger partial charge in [0.05, 0.1) is 47.3 Å². The molecule has 4 aromatic rings. The first-order chi connectivity index (χ1) is 25.4. The molecule has 0 saturated heterocycles. The van der Waals surface area contributed by atoms with Gasteiger partial charge in [-0.1, -0.05) is 0 Å². The quantitative estimate of drug-likeness (QED) is 0.203. The standard InChI is InChI=1S/C39H43N9O6/c1-23-15-26(19-41)16-24(2)32(23)52-33-29-22-47(14-13-30(29)44-35(46-33)43-28-11-9-25(18-40)10-12-28)34(49)31(45-36(50)53-38(3,4)5)17-27-20-42-48(21-27)37(51)54-39(6,7)8/h9-12,15-16,20-21,31H,13-14,17,22H2,1-8H3,(H,45,50)(H,43,44,46). The summed E-state index contributed by atoms with van der Waals surface area (Å²) in [6.07, 6.45) is 1.77. The molecule has 2 amide bonds. The number of carbonyl (C=O) groups excluding carboxylic acids is 3. The van der Waals surface area contributed by atoms with Gasteiger partial charge < -0.3 is 29.7 Å². The largest absolute Gasteiger partial charge is 0.444 e. The van der Waals surface area contributed by atoms with Crippen LogP contribution in [-0.4, -0.2) is 66.5 Å². The molecule has 1 unspecified atom stereocenters. The fraction of sp³-hybridized carbons (Fsp3) is 0.385. The predicted molar refractivity (Wildman–Crippen MR) is 197 cm³/mol. The minimum Gasteiger partial charge on any atom is -0.444 e. The number of hydrogen-bond acceptors (Lipinski definition) is 12. The normalized spacial score (nSPS) is 13.1. The van der Waals surface area contributed by atoms with Crippen LogP contribution in [-0.2, 0) is 33.7 Å². The number of alkyl carbamates (subject to hydrolysis) is 1. The zero-order valence-electron chi connectivity index (χ0n) is 31.6. The lowest BCUT2D eigenvalue weighted by atomic mass is 10.0. The van der Waals surface area contributed by atoms with Gasteiger partial charge in [-0.25, -0.2) is 14.6 Å². The van der Waals surface area contributed by atoms with Gasteiger partial charge in [-0.15, -0.1) is 0 Å². The zero-order chi connectivity index (χ0) is 39.4. The first kappa shape index (κ1) is 38.7. The van der Waals surface area contributed by atoms with Crippen LogP contribution in [0, 0.1) is 36.5 Å². The third-order valence-electron chi connectivity index (χ3n) is 8.04. The van der Waals surface area contributed by atoms with Crippen molar-refractivity contribution in [2.45, 2.75) is 92.0 Å². The maximum atomic E-state index is 14.3. The lowest BCUT2D eigenvalue weighted by Crippen LogP contribution is -2.51. The van der Waals surface area contributed by atoms with Gasteiger partial charge in [-0.2, -0.15) is 25.3 Å². The van der Waals surface area contributed by atoms with E-state index < -0.39 is 35.3 Å². The van der Waals surface area contributed by atoms with Crippen molar-refractivity contribution in [3.63, 3.8) is 0 Å². The summed E-state index contributed by atoms with van der Waals surface area (Å²) in [5, 5.41) is 28.7. The van der Waals surface area contributed by atoms with Gasteiger partial charge in [0.1, 0.15) is 23.0 Å². The average Bonchev–Trinajstić information content (AvgIpc) is 3.56. The monoisotopic (exact) mass is 733 g/mol. The molecule has 0 fully saturated rings. The molecule has 2 aromatic heterocycles. The second-order valence-corrected chi connectivity index (χ2v) is 14.9. The molecule has 1 aliphatic rings. The fourth-order valence-electron chi connectivity index (χ4n) is 5.72. The van der Waals surface area contributed by atoms with Crippen molar-refractivity contribution < 1.29 is 28.6 Å². The zero-order valence-corrected chi connectivity index (χ0v) is 31.6. The molecule has 0 aliphatic carbocycles. The lowest BCUT2D eigenvalue weighted by molar-refractivity contribution is -0.134. The Morgan fingerprint density at radius 2 is 1.57 bits per heavy atom. The number of aryl methyl sites for hydroxylation is 2. The van der Waals surface area contributed by atoms with Crippen LogP contribution in [0.1, 0.15) is 80.6 Å². The summed E-state index contributed by atoms with van der Waals surface area (Å²) >= 11 is 0. The van der Waals surface area contributed by atoms with E-state index in [1.165, 1.54) is 12.4 Å². The number of fused-ring (bicyclic) bond motifs is 1. The summed E-state index contributed by atoms with van der Waals surface area (Å²) in [6.45, 7) is 14.4. The number of carbonyl (C=O) groups is 3. The molecule has 5 rings (SSSR count). The minimum atomic E-state index is -1.09. The second kappa shape index (κ2) is 15.6. The number of hydrogen-bond donors (Lipinski definition) is 2. The van der Waals surface area contributed by atoms with Crippen molar-refractivity contribution in [3.8, 4) is 23.8 Å². The topological polar surface area (TPSA) is 197 Å². The number of aromatic nitrogens is 4. The summed E-state index contributed by atoms with van der Waals surface area (Å²) in [5.74, 6) is 0.561. The van der Waals surface area contributed by atoms with E-state index in [2.05, 4.69) is 27.9 Å². The highest BCUT2D eigenvalue weighted by molar-refractivity contribution is 5.86. The van der Waals surface area contributed by atoms with Gasteiger partial charge in [0.25, 0.3) is 0 Å². The third kappa shape index (κ3) is 9.89. The van der Waals surface area contributed by atoms with Crippen molar-refractivity contribution in [1.29, 1.82) is 10.5 Å². The van der Waals surface area contributed by atoms with Crippen molar-refractivity contribution in [3.05, 3.63) is 87.9 Å². The van der Waals surface area contributed by atoms with Gasteiger partial charge in [0, 0.05) is 31.3 Å². The van der Waals surface area contributed by atoms with Crippen molar-refractivity contribution >= 4 is 29.7 Å². The number of nitrogens with one attached hydrogen (secondary N) is 2. The van der Waals surface area contributed by atoms with Crippen molar-refractivity contribution in [1.82, 2.24) is 30.0 Å². The number of nitriles is 2.